The number of rotatable bonds is 5. The molecule has 2 aromatic rings. The fourth-order valence-electron chi connectivity index (χ4n) is 1.60. The number of nitrogens with two attached hydrogens (primary N) is 1. The predicted octanol–water partition coefficient (Wildman–Crippen LogP) is 2.15. The van der Waals surface area contributed by atoms with Gasteiger partial charge >= 0.3 is 0 Å². The van der Waals surface area contributed by atoms with Crippen molar-refractivity contribution < 1.29 is 13.7 Å². The minimum Gasteiger partial charge on any atom is -0.380 e. The first-order valence-electron chi connectivity index (χ1n) is 5.64. The topological polar surface area (TPSA) is 74.2 Å². The summed E-state index contributed by atoms with van der Waals surface area (Å²) in [7, 11) is 1.57. The Morgan fingerprint density at radius 2 is 2.26 bits per heavy atom. The van der Waals surface area contributed by atoms with Crippen molar-refractivity contribution in [3.8, 4) is 11.4 Å². The van der Waals surface area contributed by atoms with E-state index in [0.717, 1.165) is 0 Å². The van der Waals surface area contributed by atoms with Gasteiger partial charge in [0.1, 0.15) is 5.82 Å². The maximum Gasteiger partial charge on any atom is 0.229 e. The van der Waals surface area contributed by atoms with E-state index in [1.165, 1.54) is 12.1 Å². The van der Waals surface area contributed by atoms with Gasteiger partial charge in [-0.1, -0.05) is 21.1 Å². The van der Waals surface area contributed by atoms with Gasteiger partial charge < -0.3 is 15.0 Å². The van der Waals surface area contributed by atoms with Crippen molar-refractivity contribution in [3.63, 3.8) is 0 Å². The third-order valence-electron chi connectivity index (χ3n) is 2.59. The van der Waals surface area contributed by atoms with Gasteiger partial charge in [0.2, 0.25) is 11.7 Å². The molecule has 0 saturated carbocycles. The summed E-state index contributed by atoms with van der Waals surface area (Å²) in [5.74, 6) is 0.377. The van der Waals surface area contributed by atoms with Gasteiger partial charge in [-0.25, -0.2) is 4.39 Å². The highest BCUT2D eigenvalue weighted by Gasteiger charge is 2.14. The van der Waals surface area contributed by atoms with Gasteiger partial charge in [0.15, 0.2) is 0 Å². The van der Waals surface area contributed by atoms with Crippen molar-refractivity contribution in [1.82, 2.24) is 10.1 Å². The van der Waals surface area contributed by atoms with Crippen molar-refractivity contribution in [2.75, 3.05) is 13.7 Å². The summed E-state index contributed by atoms with van der Waals surface area (Å²) in [5, 5.41) is 3.82. The average Bonchev–Trinajstić information content (AvgIpc) is 2.83. The molecule has 0 radical (unpaired) electrons. The highest BCUT2D eigenvalue weighted by Crippen LogP contribution is 2.22. The molecule has 19 heavy (non-hydrogen) atoms. The molecule has 0 bridgehead atoms. The van der Waals surface area contributed by atoms with E-state index >= 15 is 0 Å². The number of halogens is 2. The largest absolute Gasteiger partial charge is 0.380 e. The smallest absolute Gasteiger partial charge is 0.229 e. The molecule has 0 spiro atoms. The van der Waals surface area contributed by atoms with Crippen LogP contribution in [0.4, 0.5) is 4.39 Å². The summed E-state index contributed by atoms with van der Waals surface area (Å²) in [6, 6.07) is 4.42. The van der Waals surface area contributed by atoms with Crippen LogP contribution in [0.3, 0.4) is 0 Å². The summed E-state index contributed by atoms with van der Waals surface area (Å²) in [5.41, 5.74) is 6.06. The predicted molar refractivity (Wildman–Crippen MR) is 70.9 cm³/mol. The molecule has 1 heterocycles. The normalized spacial score (nSPS) is 12.6. The number of aromatic nitrogens is 2. The maximum atomic E-state index is 13.3. The number of nitrogens with zero attached hydrogens (tertiary/aromatic N) is 2. The van der Waals surface area contributed by atoms with E-state index in [1.54, 1.807) is 13.2 Å². The molecule has 0 aliphatic heterocycles. The Morgan fingerprint density at radius 3 is 2.89 bits per heavy atom. The van der Waals surface area contributed by atoms with Crippen molar-refractivity contribution in [3.05, 3.63) is 34.4 Å². The second kappa shape index (κ2) is 6.23. The zero-order valence-corrected chi connectivity index (χ0v) is 11.9. The average molecular weight is 330 g/mol. The molecule has 102 valence electrons. The number of benzene rings is 1. The maximum absolute atomic E-state index is 13.3. The van der Waals surface area contributed by atoms with Crippen molar-refractivity contribution in [2.24, 2.45) is 5.73 Å². The lowest BCUT2D eigenvalue weighted by atomic mass is 10.2. The summed E-state index contributed by atoms with van der Waals surface area (Å²) < 4.78 is 24.1. The Hall–Kier alpha value is -1.31. The van der Waals surface area contributed by atoms with Crippen LogP contribution in [0.1, 0.15) is 5.89 Å². The fraction of sp³-hybridized carbons (Fsp3) is 0.333. The molecule has 2 rings (SSSR count). The minimum atomic E-state index is -0.368. The summed E-state index contributed by atoms with van der Waals surface area (Å²) in [4.78, 5) is 4.20. The van der Waals surface area contributed by atoms with Crippen LogP contribution in [0.15, 0.2) is 27.2 Å². The van der Waals surface area contributed by atoms with Gasteiger partial charge in [-0.15, -0.1) is 0 Å². The van der Waals surface area contributed by atoms with E-state index < -0.39 is 0 Å². The lowest BCUT2D eigenvalue weighted by molar-refractivity contribution is 0.102. The molecule has 0 amide bonds. The van der Waals surface area contributed by atoms with E-state index in [1.807, 2.05) is 0 Å². The van der Waals surface area contributed by atoms with Crippen LogP contribution < -0.4 is 5.73 Å². The molecule has 1 aromatic heterocycles. The molecule has 5 nitrogen and oxygen atoms in total. The minimum absolute atomic E-state index is 0.174. The molecule has 2 N–H and O–H groups in total. The molecular weight excluding hydrogens is 317 g/mol. The van der Waals surface area contributed by atoms with E-state index in [4.69, 9.17) is 15.0 Å². The Balaban J connectivity index is 2.20. The Labute approximate surface area is 118 Å². The van der Waals surface area contributed by atoms with Crippen molar-refractivity contribution >= 4 is 15.9 Å². The molecule has 7 heteroatoms. The summed E-state index contributed by atoms with van der Waals surface area (Å²) in [6.07, 6.45) is 0.253. The zero-order valence-electron chi connectivity index (χ0n) is 10.3. The second-order valence-electron chi connectivity index (χ2n) is 3.97. The van der Waals surface area contributed by atoms with E-state index in [0.29, 0.717) is 34.7 Å². The fourth-order valence-corrected chi connectivity index (χ4v) is 2.06. The first-order valence-corrected chi connectivity index (χ1v) is 6.43. The molecule has 1 aromatic carbocycles. The van der Waals surface area contributed by atoms with Crippen molar-refractivity contribution in [2.45, 2.75) is 12.5 Å². The Bertz CT molecular complexity index is 537. The van der Waals surface area contributed by atoms with Crippen LogP contribution in [0.5, 0.6) is 0 Å². The first-order chi connectivity index (χ1) is 9.12. The molecular formula is C12H13BrFN3O2. The van der Waals surface area contributed by atoms with Crippen LogP contribution >= 0.6 is 15.9 Å². The molecule has 1 atom stereocenters. The van der Waals surface area contributed by atoms with Gasteiger partial charge in [0.25, 0.3) is 0 Å². The molecule has 0 saturated heterocycles. The first kappa shape index (κ1) is 14.1. The van der Waals surface area contributed by atoms with Gasteiger partial charge in [0.05, 0.1) is 12.5 Å². The third-order valence-corrected chi connectivity index (χ3v) is 3.05. The molecule has 0 aliphatic rings. The summed E-state index contributed by atoms with van der Waals surface area (Å²) >= 11 is 3.22. The van der Waals surface area contributed by atoms with Crippen LogP contribution in [0.2, 0.25) is 0 Å². The van der Waals surface area contributed by atoms with Gasteiger partial charge in [0, 0.05) is 23.7 Å². The number of ether oxygens (including phenoxy) is 1. The van der Waals surface area contributed by atoms with Gasteiger partial charge in [-0.05, 0) is 18.2 Å². The van der Waals surface area contributed by atoms with Crippen LogP contribution in [-0.4, -0.2) is 29.9 Å². The summed E-state index contributed by atoms with van der Waals surface area (Å²) in [6.45, 7) is 0.361. The van der Waals surface area contributed by atoms with E-state index in [2.05, 4.69) is 26.1 Å². The second-order valence-corrected chi connectivity index (χ2v) is 4.88. The van der Waals surface area contributed by atoms with E-state index in [-0.39, 0.29) is 11.9 Å². The Morgan fingerprint density at radius 1 is 1.47 bits per heavy atom. The number of methoxy groups -OCH3 is 1. The third kappa shape index (κ3) is 3.59. The van der Waals surface area contributed by atoms with Crippen LogP contribution in [0.25, 0.3) is 11.4 Å². The number of hydrogen-bond donors (Lipinski definition) is 1. The Kier molecular flexibility index (Phi) is 4.62. The lowest BCUT2D eigenvalue weighted by Crippen LogP contribution is -2.24. The SMILES string of the molecule is COC(CN)Cc1nc(-c2cc(F)cc(Br)c2)no1. The van der Waals surface area contributed by atoms with Crippen LogP contribution in [0, 0.1) is 5.82 Å². The molecule has 0 fully saturated rings. The van der Waals surface area contributed by atoms with Crippen molar-refractivity contribution in [1.29, 1.82) is 0 Å². The standard InChI is InChI=1S/C12H13BrFN3O2/c1-18-10(6-15)5-11-16-12(17-19-11)7-2-8(13)4-9(14)3-7/h2-4,10H,5-6,15H2,1H3. The highest BCUT2D eigenvalue weighted by atomic mass is 79.9. The zero-order chi connectivity index (χ0) is 13.8. The monoisotopic (exact) mass is 329 g/mol. The lowest BCUT2D eigenvalue weighted by Gasteiger charge is -2.08. The van der Waals surface area contributed by atoms with Crippen LogP contribution in [-0.2, 0) is 11.2 Å². The number of hydrogen-bond acceptors (Lipinski definition) is 5. The van der Waals surface area contributed by atoms with Gasteiger partial charge in [-0.2, -0.15) is 4.98 Å². The molecule has 1 unspecified atom stereocenters. The quantitative estimate of drug-likeness (QED) is 0.909. The van der Waals surface area contributed by atoms with E-state index in [9.17, 15) is 4.39 Å². The van der Waals surface area contributed by atoms with Gasteiger partial charge in [-0.3, -0.25) is 0 Å². The molecule has 0 aliphatic carbocycles. The highest BCUT2D eigenvalue weighted by molar-refractivity contribution is 9.10.